The summed E-state index contributed by atoms with van der Waals surface area (Å²) in [6.07, 6.45) is 3.88. The van der Waals surface area contributed by atoms with E-state index in [1.165, 1.54) is 29.7 Å². The summed E-state index contributed by atoms with van der Waals surface area (Å²) in [5.41, 5.74) is 0. The summed E-state index contributed by atoms with van der Waals surface area (Å²) in [5.74, 6) is -1.84. The molecule has 0 fully saturated rings. The zero-order chi connectivity index (χ0) is 14.5. The second-order valence-corrected chi connectivity index (χ2v) is 5.08. The number of carbonyl (C=O) groups is 3. The predicted octanol–water partition coefficient (Wildman–Crippen LogP) is -0.315. The number of carbonyl (C=O) groups excluding carboxylic acids is 3. The molecule has 0 saturated carbocycles. The number of rotatable bonds is 4. The van der Waals surface area contributed by atoms with Gasteiger partial charge in [0.25, 0.3) is 5.91 Å². The number of dihydropyridines is 1. The van der Waals surface area contributed by atoms with Crippen LogP contribution in [0.4, 0.5) is 5.13 Å². The Bertz CT molecular complexity index is 591. The highest BCUT2D eigenvalue weighted by atomic mass is 32.1. The fraction of sp³-hybridized carbons (Fsp3) is 0.273. The molecule has 0 aliphatic carbocycles. The summed E-state index contributed by atoms with van der Waals surface area (Å²) in [7, 11) is 0. The summed E-state index contributed by atoms with van der Waals surface area (Å²) in [5, 5.41) is 13.6. The molecule has 9 heteroatoms. The fourth-order valence-electron chi connectivity index (χ4n) is 1.38. The summed E-state index contributed by atoms with van der Waals surface area (Å²) in [6.45, 7) is 1.58. The Balaban J connectivity index is 1.78. The van der Waals surface area contributed by atoms with Gasteiger partial charge >= 0.3 is 0 Å². The lowest BCUT2D eigenvalue weighted by Crippen LogP contribution is -2.37. The van der Waals surface area contributed by atoms with Crippen LogP contribution < -0.4 is 10.6 Å². The number of aromatic nitrogens is 2. The van der Waals surface area contributed by atoms with Gasteiger partial charge in [0.1, 0.15) is 5.01 Å². The van der Waals surface area contributed by atoms with Crippen molar-refractivity contribution in [3.05, 3.63) is 17.2 Å². The highest BCUT2D eigenvalue weighted by Gasteiger charge is 2.17. The summed E-state index contributed by atoms with van der Waals surface area (Å²) >= 11 is 1.24. The lowest BCUT2D eigenvalue weighted by Gasteiger charge is -2.10. The first-order chi connectivity index (χ1) is 9.54. The first kappa shape index (κ1) is 14.0. The van der Waals surface area contributed by atoms with Crippen molar-refractivity contribution in [3.63, 3.8) is 0 Å². The van der Waals surface area contributed by atoms with Crippen molar-refractivity contribution >= 4 is 40.4 Å². The minimum Gasteiger partial charge on any atom is -0.346 e. The van der Waals surface area contributed by atoms with E-state index in [4.69, 9.17) is 0 Å². The molecule has 1 atom stereocenters. The third kappa shape index (κ3) is 3.79. The standard InChI is InChI=1S/C11H11N5O3S/c1-6-15-16-11(20-6)14-9(18)5-13-10(19)7-2-3-8(17)12-4-7/h2-4,7H,5H2,1H3,(H,13,19)(H,14,16,18). The van der Waals surface area contributed by atoms with Gasteiger partial charge in [-0.2, -0.15) is 0 Å². The number of amides is 3. The van der Waals surface area contributed by atoms with Crippen LogP contribution >= 0.6 is 11.3 Å². The molecule has 0 saturated heterocycles. The number of hydrogen-bond donors (Lipinski definition) is 2. The first-order valence-electron chi connectivity index (χ1n) is 5.68. The van der Waals surface area contributed by atoms with Crippen LogP contribution in [0.5, 0.6) is 0 Å². The number of nitrogens with zero attached hydrogens (tertiary/aromatic N) is 3. The number of hydrogen-bond acceptors (Lipinski definition) is 6. The Hall–Kier alpha value is -2.42. The minimum atomic E-state index is -0.635. The molecule has 0 radical (unpaired) electrons. The van der Waals surface area contributed by atoms with Gasteiger partial charge in [0.05, 0.1) is 12.5 Å². The third-order valence-electron chi connectivity index (χ3n) is 2.31. The van der Waals surface area contributed by atoms with E-state index >= 15 is 0 Å². The molecule has 2 rings (SSSR count). The van der Waals surface area contributed by atoms with E-state index in [-0.39, 0.29) is 6.54 Å². The molecule has 1 aromatic heterocycles. The molecule has 1 aliphatic heterocycles. The van der Waals surface area contributed by atoms with Crippen molar-refractivity contribution in [2.75, 3.05) is 11.9 Å². The van der Waals surface area contributed by atoms with Crippen LogP contribution in [0.1, 0.15) is 5.01 Å². The Morgan fingerprint density at radius 1 is 1.40 bits per heavy atom. The van der Waals surface area contributed by atoms with Crippen LogP contribution in [0.2, 0.25) is 0 Å². The topological polar surface area (TPSA) is 113 Å². The van der Waals surface area contributed by atoms with Gasteiger partial charge in [-0.05, 0) is 6.92 Å². The quantitative estimate of drug-likeness (QED) is 0.790. The van der Waals surface area contributed by atoms with Crippen LogP contribution in [0.15, 0.2) is 17.1 Å². The average molecular weight is 293 g/mol. The van der Waals surface area contributed by atoms with Crippen molar-refractivity contribution in [2.45, 2.75) is 6.92 Å². The zero-order valence-corrected chi connectivity index (χ0v) is 11.3. The van der Waals surface area contributed by atoms with Gasteiger partial charge in [-0.3, -0.25) is 19.7 Å². The maximum absolute atomic E-state index is 11.7. The molecule has 0 spiro atoms. The molecular formula is C11H11N5O3S. The summed E-state index contributed by atoms with van der Waals surface area (Å²) in [4.78, 5) is 37.6. The number of nitrogens with one attached hydrogen (secondary N) is 2. The lowest BCUT2D eigenvalue weighted by atomic mass is 10.1. The molecule has 8 nitrogen and oxygen atoms in total. The van der Waals surface area contributed by atoms with Gasteiger partial charge in [-0.25, -0.2) is 4.99 Å². The fourth-order valence-corrected chi connectivity index (χ4v) is 1.99. The van der Waals surface area contributed by atoms with Crippen molar-refractivity contribution in [3.8, 4) is 0 Å². The third-order valence-corrected chi connectivity index (χ3v) is 3.06. The lowest BCUT2D eigenvalue weighted by molar-refractivity contribution is -0.124. The molecule has 1 aliphatic rings. The van der Waals surface area contributed by atoms with E-state index in [1.54, 1.807) is 6.92 Å². The monoisotopic (exact) mass is 293 g/mol. The van der Waals surface area contributed by atoms with Gasteiger partial charge in [0, 0.05) is 12.3 Å². The minimum absolute atomic E-state index is 0.191. The van der Waals surface area contributed by atoms with Crippen molar-refractivity contribution < 1.29 is 14.4 Å². The molecule has 0 aromatic carbocycles. The van der Waals surface area contributed by atoms with Gasteiger partial charge in [0.15, 0.2) is 0 Å². The molecular weight excluding hydrogens is 282 g/mol. The van der Waals surface area contributed by atoms with E-state index in [2.05, 4.69) is 25.8 Å². The smallest absolute Gasteiger partial charge is 0.269 e. The van der Waals surface area contributed by atoms with Crippen molar-refractivity contribution in [1.82, 2.24) is 15.5 Å². The van der Waals surface area contributed by atoms with Gasteiger partial charge in [-0.15, -0.1) is 10.2 Å². The van der Waals surface area contributed by atoms with E-state index in [0.29, 0.717) is 5.13 Å². The number of aryl methyl sites for hydroxylation is 1. The summed E-state index contributed by atoms with van der Waals surface area (Å²) in [6, 6.07) is 0. The molecule has 1 unspecified atom stereocenters. The van der Waals surface area contributed by atoms with Crippen LogP contribution in [0.25, 0.3) is 0 Å². The summed E-state index contributed by atoms with van der Waals surface area (Å²) < 4.78 is 0. The van der Waals surface area contributed by atoms with E-state index < -0.39 is 23.6 Å². The van der Waals surface area contributed by atoms with E-state index in [0.717, 1.165) is 5.01 Å². The number of anilines is 1. The SMILES string of the molecule is Cc1nnc(NC(=O)CNC(=O)C2C=CC(=O)N=C2)s1. The zero-order valence-electron chi connectivity index (χ0n) is 10.5. The van der Waals surface area contributed by atoms with Crippen molar-refractivity contribution in [2.24, 2.45) is 10.9 Å². The second kappa shape index (κ2) is 6.15. The highest BCUT2D eigenvalue weighted by Crippen LogP contribution is 2.12. The average Bonchev–Trinajstić information content (AvgIpc) is 2.82. The van der Waals surface area contributed by atoms with Crippen LogP contribution in [-0.2, 0) is 14.4 Å². The molecule has 2 N–H and O–H groups in total. The molecule has 0 bridgehead atoms. The maximum Gasteiger partial charge on any atom is 0.269 e. The van der Waals surface area contributed by atoms with E-state index in [9.17, 15) is 14.4 Å². The highest BCUT2D eigenvalue weighted by molar-refractivity contribution is 7.15. The number of aliphatic imine (C=N–C) groups is 1. The van der Waals surface area contributed by atoms with Crippen LogP contribution in [0.3, 0.4) is 0 Å². The molecule has 20 heavy (non-hydrogen) atoms. The molecule has 2 heterocycles. The molecule has 1 aromatic rings. The maximum atomic E-state index is 11.7. The Morgan fingerprint density at radius 3 is 2.80 bits per heavy atom. The second-order valence-electron chi connectivity index (χ2n) is 3.89. The van der Waals surface area contributed by atoms with Gasteiger partial charge < -0.3 is 5.32 Å². The first-order valence-corrected chi connectivity index (χ1v) is 6.50. The molecule has 3 amide bonds. The largest absolute Gasteiger partial charge is 0.346 e. The Labute approximate surface area is 118 Å². The van der Waals surface area contributed by atoms with Crippen molar-refractivity contribution in [1.29, 1.82) is 0 Å². The Kier molecular flexibility index (Phi) is 4.31. The predicted molar refractivity (Wildman–Crippen MR) is 72.4 cm³/mol. The Morgan fingerprint density at radius 2 is 2.20 bits per heavy atom. The normalized spacial score (nSPS) is 17.1. The van der Waals surface area contributed by atoms with Gasteiger partial charge in [0.2, 0.25) is 16.9 Å². The van der Waals surface area contributed by atoms with E-state index in [1.807, 2.05) is 0 Å². The van der Waals surface area contributed by atoms with Crippen LogP contribution in [0, 0.1) is 12.8 Å². The van der Waals surface area contributed by atoms with Crippen LogP contribution in [-0.4, -0.2) is 40.7 Å². The van der Waals surface area contributed by atoms with Gasteiger partial charge in [-0.1, -0.05) is 17.4 Å². The molecule has 104 valence electrons.